The van der Waals surface area contributed by atoms with Gasteiger partial charge in [0.15, 0.2) is 11.6 Å². The summed E-state index contributed by atoms with van der Waals surface area (Å²) in [6.45, 7) is 3.42. The lowest BCUT2D eigenvalue weighted by atomic mass is 9.98. The zero-order chi connectivity index (χ0) is 29.8. The number of aryl methyl sites for hydroxylation is 2. The minimum Gasteiger partial charge on any atom is -0.496 e. The molecular formula is C29H25F2N7O4. The SMILES string of the molecule is CNC(=O)c1c(-c2ccc(F)cc2)nn2cnc(-c3cc(C(=O)NC4(c5nc(C)no5)CC4)c(OC)cc3C)c(F)c12. The van der Waals surface area contributed by atoms with Gasteiger partial charge >= 0.3 is 0 Å². The molecule has 0 saturated heterocycles. The molecule has 2 aromatic carbocycles. The van der Waals surface area contributed by atoms with E-state index in [1.165, 1.54) is 50.8 Å². The average Bonchev–Trinajstić information content (AvgIpc) is 3.43. The summed E-state index contributed by atoms with van der Waals surface area (Å²) in [4.78, 5) is 35.1. The van der Waals surface area contributed by atoms with E-state index < -0.39 is 29.0 Å². The lowest BCUT2D eigenvalue weighted by molar-refractivity contribution is 0.0916. The van der Waals surface area contributed by atoms with Crippen LogP contribution in [0.25, 0.3) is 28.0 Å². The number of carbonyl (C=O) groups is 2. The summed E-state index contributed by atoms with van der Waals surface area (Å²) in [7, 11) is 2.85. The predicted octanol–water partition coefficient (Wildman–Crippen LogP) is 4.13. The fourth-order valence-corrected chi connectivity index (χ4v) is 4.92. The minimum atomic E-state index is -0.823. The second kappa shape index (κ2) is 10.0. The molecule has 2 N–H and O–H groups in total. The number of hydrogen-bond acceptors (Lipinski definition) is 8. The number of halogens is 2. The van der Waals surface area contributed by atoms with Crippen molar-refractivity contribution < 1.29 is 27.6 Å². The maximum atomic E-state index is 16.4. The number of hydrogen-bond donors (Lipinski definition) is 2. The average molecular weight is 574 g/mol. The van der Waals surface area contributed by atoms with Crippen molar-refractivity contribution in [3.8, 4) is 28.3 Å². The van der Waals surface area contributed by atoms with Gasteiger partial charge in [0.05, 0.1) is 18.2 Å². The molecule has 0 atom stereocenters. The van der Waals surface area contributed by atoms with Crippen LogP contribution >= 0.6 is 0 Å². The van der Waals surface area contributed by atoms with Crippen LogP contribution in [0.15, 0.2) is 47.2 Å². The second-order valence-corrected chi connectivity index (χ2v) is 10.1. The van der Waals surface area contributed by atoms with Crippen LogP contribution in [-0.4, -0.2) is 50.7 Å². The lowest BCUT2D eigenvalue weighted by Crippen LogP contribution is -2.35. The maximum Gasteiger partial charge on any atom is 0.255 e. The van der Waals surface area contributed by atoms with Gasteiger partial charge in [-0.2, -0.15) is 10.1 Å². The van der Waals surface area contributed by atoms with Crippen LogP contribution in [0, 0.1) is 25.5 Å². The molecule has 214 valence electrons. The maximum absolute atomic E-state index is 16.4. The number of aromatic nitrogens is 5. The van der Waals surface area contributed by atoms with E-state index in [1.54, 1.807) is 19.9 Å². The molecule has 3 heterocycles. The molecule has 1 aliphatic rings. The van der Waals surface area contributed by atoms with Crippen LogP contribution in [0.1, 0.15) is 50.8 Å². The molecule has 0 radical (unpaired) electrons. The molecule has 0 unspecified atom stereocenters. The summed E-state index contributed by atoms with van der Waals surface area (Å²) in [5.74, 6) is -1.30. The molecule has 13 heteroatoms. The number of ether oxygens (including phenoxy) is 1. The molecule has 2 amide bonds. The van der Waals surface area contributed by atoms with Crippen molar-refractivity contribution in [1.82, 2.24) is 35.4 Å². The molecule has 3 aromatic heterocycles. The van der Waals surface area contributed by atoms with E-state index in [9.17, 15) is 14.0 Å². The van der Waals surface area contributed by atoms with Crippen molar-refractivity contribution >= 4 is 17.3 Å². The molecular weight excluding hydrogens is 548 g/mol. The summed E-state index contributed by atoms with van der Waals surface area (Å²) in [5.41, 5.74) is 0.570. The number of rotatable bonds is 7. The monoisotopic (exact) mass is 573 g/mol. The normalized spacial score (nSPS) is 13.7. The fraction of sp³-hybridized carbons (Fsp3) is 0.241. The Kier molecular flexibility index (Phi) is 6.44. The van der Waals surface area contributed by atoms with Gasteiger partial charge in [-0.05, 0) is 68.7 Å². The van der Waals surface area contributed by atoms with E-state index in [2.05, 4.69) is 30.9 Å². The van der Waals surface area contributed by atoms with E-state index in [0.29, 0.717) is 41.2 Å². The van der Waals surface area contributed by atoms with E-state index in [4.69, 9.17) is 9.26 Å². The standard InChI is InChI=1S/C29H25F2N7O4/c1-14-11-20(41-4)19(26(39)35-29(9-10-29)28-34-15(2)37-42-28)12-18(14)24-22(31)25-21(27(40)32-3)23(36-38(25)13-33-24)16-5-7-17(30)8-6-16/h5-8,11-13H,9-10H2,1-4H3,(H,32,40)(H,35,39). The molecule has 0 spiro atoms. The highest BCUT2D eigenvalue weighted by Gasteiger charge is 2.51. The molecule has 5 aromatic rings. The van der Waals surface area contributed by atoms with Crippen LogP contribution in [0.5, 0.6) is 5.75 Å². The Hall–Kier alpha value is -5.20. The third-order valence-corrected chi connectivity index (χ3v) is 7.28. The first-order chi connectivity index (χ1) is 20.2. The van der Waals surface area contributed by atoms with Crippen LogP contribution in [0.3, 0.4) is 0 Å². The zero-order valence-corrected chi connectivity index (χ0v) is 23.1. The Bertz CT molecular complexity index is 1880. The zero-order valence-electron chi connectivity index (χ0n) is 23.1. The van der Waals surface area contributed by atoms with Crippen molar-refractivity contribution in [3.63, 3.8) is 0 Å². The number of amides is 2. The van der Waals surface area contributed by atoms with Crippen molar-refractivity contribution in [2.24, 2.45) is 0 Å². The van der Waals surface area contributed by atoms with Gasteiger partial charge in [-0.1, -0.05) is 5.16 Å². The van der Waals surface area contributed by atoms with Gasteiger partial charge in [0, 0.05) is 18.2 Å². The van der Waals surface area contributed by atoms with Crippen LogP contribution in [0.2, 0.25) is 0 Å². The Morgan fingerprint density at radius 1 is 1.07 bits per heavy atom. The number of benzene rings is 2. The quantitative estimate of drug-likeness (QED) is 0.297. The van der Waals surface area contributed by atoms with E-state index >= 15 is 4.39 Å². The molecule has 1 saturated carbocycles. The Morgan fingerprint density at radius 2 is 1.81 bits per heavy atom. The summed E-state index contributed by atoms with van der Waals surface area (Å²) in [6.07, 6.45) is 2.52. The molecule has 11 nitrogen and oxygen atoms in total. The van der Waals surface area contributed by atoms with Gasteiger partial charge in [0.1, 0.15) is 40.3 Å². The summed E-state index contributed by atoms with van der Waals surface area (Å²) < 4.78 is 41.9. The lowest BCUT2D eigenvalue weighted by Gasteiger charge is -2.17. The largest absolute Gasteiger partial charge is 0.496 e. The predicted molar refractivity (Wildman–Crippen MR) is 146 cm³/mol. The summed E-state index contributed by atoms with van der Waals surface area (Å²) >= 11 is 0. The number of carbonyl (C=O) groups excluding carboxylic acids is 2. The Morgan fingerprint density at radius 3 is 2.43 bits per heavy atom. The van der Waals surface area contributed by atoms with Crippen molar-refractivity contribution in [1.29, 1.82) is 0 Å². The van der Waals surface area contributed by atoms with E-state index in [-0.39, 0.29) is 33.8 Å². The van der Waals surface area contributed by atoms with Gasteiger partial charge in [-0.3, -0.25) is 9.59 Å². The second-order valence-electron chi connectivity index (χ2n) is 10.1. The van der Waals surface area contributed by atoms with E-state index in [1.807, 2.05) is 0 Å². The molecule has 6 rings (SSSR count). The first-order valence-electron chi connectivity index (χ1n) is 13.0. The fourth-order valence-electron chi connectivity index (χ4n) is 4.92. The molecule has 0 bridgehead atoms. The molecule has 1 aliphatic carbocycles. The Labute approximate surface area is 237 Å². The van der Waals surface area contributed by atoms with Gasteiger partial charge in [0.2, 0.25) is 0 Å². The first kappa shape index (κ1) is 27.0. The summed E-state index contributed by atoms with van der Waals surface area (Å²) in [6, 6.07) is 8.48. The highest BCUT2D eigenvalue weighted by Crippen LogP contribution is 2.45. The van der Waals surface area contributed by atoms with Gasteiger partial charge in [-0.25, -0.2) is 18.3 Å². The molecule has 42 heavy (non-hydrogen) atoms. The minimum absolute atomic E-state index is 0.0417. The number of nitrogens with zero attached hydrogens (tertiary/aromatic N) is 5. The highest BCUT2D eigenvalue weighted by atomic mass is 19.1. The third kappa shape index (κ3) is 4.42. The van der Waals surface area contributed by atoms with Gasteiger partial charge in [0.25, 0.3) is 17.7 Å². The van der Waals surface area contributed by atoms with Crippen LogP contribution in [-0.2, 0) is 5.54 Å². The molecule has 1 fully saturated rings. The van der Waals surface area contributed by atoms with Crippen LogP contribution < -0.4 is 15.4 Å². The number of nitrogens with one attached hydrogen (secondary N) is 2. The third-order valence-electron chi connectivity index (χ3n) is 7.28. The number of fused-ring (bicyclic) bond motifs is 1. The topological polar surface area (TPSA) is 137 Å². The first-order valence-corrected chi connectivity index (χ1v) is 13.0. The molecule has 0 aliphatic heterocycles. The van der Waals surface area contributed by atoms with Gasteiger partial charge in [-0.15, -0.1) is 0 Å². The van der Waals surface area contributed by atoms with Crippen molar-refractivity contribution in [3.05, 3.63) is 82.8 Å². The smallest absolute Gasteiger partial charge is 0.255 e. The van der Waals surface area contributed by atoms with E-state index in [0.717, 1.165) is 4.52 Å². The Balaban J connectivity index is 1.47. The van der Waals surface area contributed by atoms with Crippen LogP contribution in [0.4, 0.5) is 8.78 Å². The highest BCUT2D eigenvalue weighted by molar-refractivity contribution is 6.07. The van der Waals surface area contributed by atoms with Crippen molar-refractivity contribution in [2.75, 3.05) is 14.2 Å². The van der Waals surface area contributed by atoms with Crippen molar-refractivity contribution in [2.45, 2.75) is 32.2 Å². The summed E-state index contributed by atoms with van der Waals surface area (Å²) in [5, 5.41) is 13.7. The van der Waals surface area contributed by atoms with Gasteiger partial charge < -0.3 is 19.9 Å². The number of methoxy groups -OCH3 is 1.